The number of benzene rings is 1. The van der Waals surface area contributed by atoms with Gasteiger partial charge in [-0.25, -0.2) is 4.98 Å². The fourth-order valence-electron chi connectivity index (χ4n) is 2.01. The van der Waals surface area contributed by atoms with Crippen molar-refractivity contribution in [1.82, 2.24) is 4.98 Å². The molecule has 1 aromatic carbocycles. The Kier molecular flexibility index (Phi) is 4.46. The van der Waals surface area contributed by atoms with Crippen LogP contribution in [0.15, 0.2) is 48.7 Å². The average Bonchev–Trinajstić information content (AvgIpc) is 2.49. The summed E-state index contributed by atoms with van der Waals surface area (Å²) < 4.78 is 0. The second kappa shape index (κ2) is 6.48. The van der Waals surface area contributed by atoms with Crippen molar-refractivity contribution in [3.63, 3.8) is 0 Å². The van der Waals surface area contributed by atoms with Crippen molar-refractivity contribution in [2.24, 2.45) is 0 Å². The van der Waals surface area contributed by atoms with Gasteiger partial charge in [0.1, 0.15) is 5.82 Å². The second-order valence-electron chi connectivity index (χ2n) is 4.33. The smallest absolute Gasteiger partial charge is 0.163 e. The highest BCUT2D eigenvalue weighted by Crippen LogP contribution is 2.26. The third kappa shape index (κ3) is 3.01. The Balaban J connectivity index is 2.47. The molecule has 2 rings (SSSR count). The molecule has 0 fully saturated rings. The van der Waals surface area contributed by atoms with E-state index in [-0.39, 0.29) is 5.78 Å². The average molecular weight is 265 g/mol. The Bertz CT molecular complexity index is 632. The zero-order chi connectivity index (χ0) is 14.4. The summed E-state index contributed by atoms with van der Waals surface area (Å²) in [6.07, 6.45) is 2.02. The molecule has 0 amide bonds. The van der Waals surface area contributed by atoms with Crippen molar-refractivity contribution in [1.29, 1.82) is 5.26 Å². The summed E-state index contributed by atoms with van der Waals surface area (Å²) in [6, 6.07) is 15.3. The molecule has 0 bridgehead atoms. The quantitative estimate of drug-likeness (QED) is 0.778. The van der Waals surface area contributed by atoms with Crippen LogP contribution < -0.4 is 4.90 Å². The number of pyridine rings is 1. The van der Waals surface area contributed by atoms with Crippen molar-refractivity contribution in [2.75, 3.05) is 11.4 Å². The largest absolute Gasteiger partial charge is 0.325 e. The van der Waals surface area contributed by atoms with Crippen LogP contribution in [0.2, 0.25) is 0 Å². The van der Waals surface area contributed by atoms with Crippen molar-refractivity contribution < 1.29 is 4.79 Å². The van der Waals surface area contributed by atoms with E-state index < -0.39 is 0 Å². The number of hydrogen-bond donors (Lipinski definition) is 0. The molecule has 0 aliphatic heterocycles. The molecular formula is C16H15N3O. The van der Waals surface area contributed by atoms with Gasteiger partial charge in [-0.15, -0.1) is 0 Å². The number of carbonyl (C=O) groups excluding carboxylic acids is 1. The molecule has 0 saturated carbocycles. The van der Waals surface area contributed by atoms with E-state index in [0.29, 0.717) is 24.3 Å². The van der Waals surface area contributed by atoms with Gasteiger partial charge in [-0.3, -0.25) is 4.79 Å². The first-order chi connectivity index (χ1) is 9.74. The highest BCUT2D eigenvalue weighted by atomic mass is 16.1. The number of para-hydroxylation sites is 1. The predicted molar refractivity (Wildman–Crippen MR) is 77.9 cm³/mol. The van der Waals surface area contributed by atoms with Crippen molar-refractivity contribution in [3.8, 4) is 6.07 Å². The normalized spacial score (nSPS) is 9.80. The van der Waals surface area contributed by atoms with Crippen LogP contribution in [0.4, 0.5) is 11.5 Å². The minimum Gasteiger partial charge on any atom is -0.325 e. The molecule has 2 aromatic rings. The lowest BCUT2D eigenvalue weighted by atomic mass is 10.1. The summed E-state index contributed by atoms with van der Waals surface area (Å²) >= 11 is 0. The zero-order valence-electron chi connectivity index (χ0n) is 11.3. The Morgan fingerprint density at radius 2 is 2.00 bits per heavy atom. The molecule has 0 radical (unpaired) electrons. The van der Waals surface area contributed by atoms with E-state index >= 15 is 0 Å². The maximum Gasteiger partial charge on any atom is 0.163 e. The number of carbonyl (C=O) groups is 1. The number of aromatic nitrogens is 1. The van der Waals surface area contributed by atoms with Gasteiger partial charge in [0, 0.05) is 18.4 Å². The van der Waals surface area contributed by atoms with Crippen LogP contribution in [0, 0.1) is 11.3 Å². The first kappa shape index (κ1) is 13.8. The number of nitriles is 1. The maximum absolute atomic E-state index is 11.7. The molecule has 0 spiro atoms. The Morgan fingerprint density at radius 3 is 2.65 bits per heavy atom. The van der Waals surface area contributed by atoms with Gasteiger partial charge in [0.25, 0.3) is 0 Å². The Labute approximate surface area is 118 Å². The summed E-state index contributed by atoms with van der Waals surface area (Å²) in [4.78, 5) is 18.0. The first-order valence-electron chi connectivity index (χ1n) is 6.39. The molecule has 0 atom stereocenters. The summed E-state index contributed by atoms with van der Waals surface area (Å²) in [5.41, 5.74) is 1.48. The van der Waals surface area contributed by atoms with Gasteiger partial charge in [-0.2, -0.15) is 5.26 Å². The minimum atomic E-state index is -0.0361. The van der Waals surface area contributed by atoms with Gasteiger partial charge >= 0.3 is 0 Å². The van der Waals surface area contributed by atoms with Crippen molar-refractivity contribution in [3.05, 3.63) is 54.2 Å². The molecule has 1 aromatic heterocycles. The van der Waals surface area contributed by atoms with Gasteiger partial charge in [0.05, 0.1) is 18.1 Å². The van der Waals surface area contributed by atoms with Crippen LogP contribution in [-0.4, -0.2) is 17.3 Å². The third-order valence-electron chi connectivity index (χ3n) is 2.94. The molecule has 0 unspecified atom stereocenters. The molecule has 1 heterocycles. The molecule has 0 aliphatic carbocycles. The van der Waals surface area contributed by atoms with Gasteiger partial charge in [-0.1, -0.05) is 18.2 Å². The SMILES string of the molecule is CC(=O)c1cccnc1N(CCC#N)c1ccccc1. The molecule has 20 heavy (non-hydrogen) atoms. The summed E-state index contributed by atoms with van der Waals surface area (Å²) in [6.45, 7) is 2.02. The fraction of sp³-hybridized carbons (Fsp3) is 0.188. The van der Waals surface area contributed by atoms with E-state index in [4.69, 9.17) is 5.26 Å². The van der Waals surface area contributed by atoms with E-state index in [9.17, 15) is 4.79 Å². The van der Waals surface area contributed by atoms with E-state index in [1.165, 1.54) is 6.92 Å². The standard InChI is InChI=1S/C16H15N3O/c1-13(20)15-9-5-11-18-16(15)19(12-6-10-17)14-7-3-2-4-8-14/h2-5,7-9,11H,6,12H2,1H3. The van der Waals surface area contributed by atoms with E-state index in [1.807, 2.05) is 35.2 Å². The number of nitrogens with zero attached hydrogens (tertiary/aromatic N) is 3. The first-order valence-corrected chi connectivity index (χ1v) is 6.39. The molecule has 100 valence electrons. The molecular weight excluding hydrogens is 250 g/mol. The van der Waals surface area contributed by atoms with Gasteiger partial charge in [0.15, 0.2) is 5.78 Å². The lowest BCUT2D eigenvalue weighted by Gasteiger charge is -2.24. The minimum absolute atomic E-state index is 0.0361. The summed E-state index contributed by atoms with van der Waals surface area (Å²) in [5.74, 6) is 0.562. The highest BCUT2D eigenvalue weighted by molar-refractivity contribution is 5.99. The Hall–Kier alpha value is -2.67. The zero-order valence-corrected chi connectivity index (χ0v) is 11.3. The second-order valence-corrected chi connectivity index (χ2v) is 4.33. The summed E-state index contributed by atoms with van der Waals surface area (Å²) in [7, 11) is 0. The van der Waals surface area contributed by atoms with Crippen LogP contribution >= 0.6 is 0 Å². The topological polar surface area (TPSA) is 57.0 Å². The predicted octanol–water partition coefficient (Wildman–Crippen LogP) is 3.34. The molecule has 0 aliphatic rings. The Morgan fingerprint density at radius 1 is 1.25 bits per heavy atom. The highest BCUT2D eigenvalue weighted by Gasteiger charge is 2.16. The molecule has 0 N–H and O–H groups in total. The van der Waals surface area contributed by atoms with Crippen molar-refractivity contribution >= 4 is 17.3 Å². The van der Waals surface area contributed by atoms with Gasteiger partial charge in [0.2, 0.25) is 0 Å². The van der Waals surface area contributed by atoms with Gasteiger partial charge in [-0.05, 0) is 31.2 Å². The van der Waals surface area contributed by atoms with Crippen LogP contribution in [0.3, 0.4) is 0 Å². The van der Waals surface area contributed by atoms with Crippen molar-refractivity contribution in [2.45, 2.75) is 13.3 Å². The van der Waals surface area contributed by atoms with Gasteiger partial charge < -0.3 is 4.90 Å². The monoisotopic (exact) mass is 265 g/mol. The summed E-state index contributed by atoms with van der Waals surface area (Å²) in [5, 5.41) is 8.82. The van der Waals surface area contributed by atoms with Crippen LogP contribution in [-0.2, 0) is 0 Å². The van der Waals surface area contributed by atoms with E-state index in [2.05, 4.69) is 11.1 Å². The number of rotatable bonds is 5. The maximum atomic E-state index is 11.7. The van der Waals surface area contributed by atoms with Crippen LogP contribution in [0.1, 0.15) is 23.7 Å². The number of anilines is 2. The lowest BCUT2D eigenvalue weighted by Crippen LogP contribution is -2.21. The van der Waals surface area contributed by atoms with Crippen LogP contribution in [0.5, 0.6) is 0 Å². The fourth-order valence-corrected chi connectivity index (χ4v) is 2.01. The molecule has 4 heteroatoms. The number of ketones is 1. The third-order valence-corrected chi connectivity index (χ3v) is 2.94. The molecule has 0 saturated heterocycles. The number of Topliss-reactive ketones (excluding diaryl/α,β-unsaturated/α-hetero) is 1. The lowest BCUT2D eigenvalue weighted by molar-refractivity contribution is 0.101. The van der Waals surface area contributed by atoms with Crippen LogP contribution in [0.25, 0.3) is 0 Å². The van der Waals surface area contributed by atoms with E-state index in [1.54, 1.807) is 18.3 Å². The number of hydrogen-bond acceptors (Lipinski definition) is 4. The van der Waals surface area contributed by atoms with E-state index in [0.717, 1.165) is 5.69 Å². The molecule has 4 nitrogen and oxygen atoms in total.